The molecule has 0 fully saturated rings. The second-order valence-corrected chi connectivity index (χ2v) is 12.4. The van der Waals surface area contributed by atoms with Crippen LogP contribution < -0.4 is 0 Å². The highest BCUT2D eigenvalue weighted by Gasteiger charge is 2.37. The van der Waals surface area contributed by atoms with Crippen LogP contribution in [-0.4, -0.2) is 36.9 Å². The first-order valence-electron chi connectivity index (χ1n) is 14.0. The monoisotopic (exact) mass is 576 g/mol. The fourth-order valence-corrected chi connectivity index (χ4v) is 7.46. The maximum Gasteiger partial charge on any atom is 0.336 e. The van der Waals surface area contributed by atoms with Crippen LogP contribution in [0.5, 0.6) is 0 Å². The van der Waals surface area contributed by atoms with Gasteiger partial charge >= 0.3 is 5.97 Å². The molecule has 1 atom stereocenters. The third kappa shape index (κ3) is 5.01. The zero-order valence-corrected chi connectivity index (χ0v) is 24.4. The van der Waals surface area contributed by atoms with Crippen LogP contribution in [0.4, 0.5) is 0 Å². The Morgan fingerprint density at radius 2 is 1.50 bits per heavy atom. The molecule has 0 saturated carbocycles. The maximum atomic E-state index is 14.5. The standard InChI is InChI=1S/C35H32N2O4S/c1-25-17-19-28(20-18-25)42(39,40)37-32-16-10-9-15-29(32)30-21-22-36(23-26-11-5-3-6-12-26)24-31(35(38)41-2)33(34(30)37)27-13-7-4-8-14-27/h3-20,24,33H,21-23H2,1-2H3/b31-24+/t33-/m0/s1. The van der Waals surface area contributed by atoms with Crippen molar-refractivity contribution in [2.75, 3.05) is 13.7 Å². The number of aryl methyl sites for hydroxylation is 1. The molecule has 0 aliphatic carbocycles. The van der Waals surface area contributed by atoms with Gasteiger partial charge in [-0.2, -0.15) is 0 Å². The Hall–Kier alpha value is -4.62. The van der Waals surface area contributed by atoms with Crippen LogP contribution in [0.2, 0.25) is 0 Å². The highest BCUT2D eigenvalue weighted by molar-refractivity contribution is 7.90. The normalized spacial score (nSPS) is 16.7. The summed E-state index contributed by atoms with van der Waals surface area (Å²) in [5.74, 6) is -1.20. The van der Waals surface area contributed by atoms with Crippen LogP contribution in [0.15, 0.2) is 126 Å². The lowest BCUT2D eigenvalue weighted by atomic mass is 9.84. The molecular weight excluding hydrogens is 544 g/mol. The molecule has 2 heterocycles. The van der Waals surface area contributed by atoms with E-state index in [-0.39, 0.29) is 4.90 Å². The first-order valence-corrected chi connectivity index (χ1v) is 15.4. The summed E-state index contributed by atoms with van der Waals surface area (Å²) in [5, 5.41) is 0.856. The van der Waals surface area contributed by atoms with Crippen LogP contribution in [0, 0.1) is 6.92 Å². The third-order valence-corrected chi connectivity index (χ3v) is 9.61. The summed E-state index contributed by atoms with van der Waals surface area (Å²) >= 11 is 0. The van der Waals surface area contributed by atoms with Gasteiger partial charge in [-0.3, -0.25) is 0 Å². The number of fused-ring (bicyclic) bond motifs is 3. The summed E-state index contributed by atoms with van der Waals surface area (Å²) in [6, 6.07) is 34.2. The largest absolute Gasteiger partial charge is 0.466 e. The molecule has 0 radical (unpaired) electrons. The van der Waals surface area contributed by atoms with E-state index in [9.17, 15) is 13.2 Å². The quantitative estimate of drug-likeness (QED) is 0.218. The van der Waals surface area contributed by atoms with Crippen molar-refractivity contribution < 1.29 is 17.9 Å². The van der Waals surface area contributed by atoms with E-state index >= 15 is 0 Å². The number of carbonyl (C=O) groups is 1. The first-order chi connectivity index (χ1) is 20.4. The van der Waals surface area contributed by atoms with Crippen LogP contribution in [-0.2, 0) is 32.5 Å². The van der Waals surface area contributed by atoms with Crippen molar-refractivity contribution in [2.45, 2.75) is 30.7 Å². The van der Waals surface area contributed by atoms with Gasteiger partial charge in [-0.05, 0) is 48.2 Å². The third-order valence-electron chi connectivity index (χ3n) is 7.87. The van der Waals surface area contributed by atoms with Crippen LogP contribution in [0.3, 0.4) is 0 Å². The Morgan fingerprint density at radius 3 is 2.19 bits per heavy atom. The zero-order chi connectivity index (χ0) is 29.3. The average Bonchev–Trinajstić information content (AvgIpc) is 3.33. The average molecular weight is 577 g/mol. The van der Waals surface area contributed by atoms with Gasteiger partial charge in [-0.1, -0.05) is 96.6 Å². The van der Waals surface area contributed by atoms with E-state index in [1.165, 1.54) is 11.1 Å². The number of rotatable bonds is 6. The Balaban J connectivity index is 1.66. The predicted molar refractivity (Wildman–Crippen MR) is 165 cm³/mol. The summed E-state index contributed by atoms with van der Waals surface area (Å²) < 4.78 is 35.9. The van der Waals surface area contributed by atoms with Gasteiger partial charge in [-0.25, -0.2) is 17.2 Å². The molecular formula is C35H32N2O4S. The van der Waals surface area contributed by atoms with Crippen LogP contribution in [0.1, 0.15) is 33.9 Å². The van der Waals surface area contributed by atoms with Gasteiger partial charge in [0.25, 0.3) is 10.0 Å². The van der Waals surface area contributed by atoms with Crippen molar-refractivity contribution in [1.82, 2.24) is 8.87 Å². The van der Waals surface area contributed by atoms with E-state index in [0.29, 0.717) is 36.3 Å². The van der Waals surface area contributed by atoms with Crippen molar-refractivity contribution in [3.63, 3.8) is 0 Å². The van der Waals surface area contributed by atoms with Gasteiger partial charge < -0.3 is 9.64 Å². The Kier molecular flexibility index (Phi) is 7.43. The Morgan fingerprint density at radius 1 is 0.857 bits per heavy atom. The van der Waals surface area contributed by atoms with Crippen molar-refractivity contribution in [3.8, 4) is 0 Å². The molecule has 0 saturated heterocycles. The number of benzene rings is 4. The molecule has 1 aliphatic rings. The number of nitrogens with zero attached hydrogens (tertiary/aromatic N) is 2. The molecule has 4 aromatic carbocycles. The van der Waals surface area contributed by atoms with Crippen molar-refractivity contribution in [1.29, 1.82) is 0 Å². The minimum atomic E-state index is -4.04. The summed E-state index contributed by atoms with van der Waals surface area (Å²) in [7, 11) is -2.68. The molecule has 1 aromatic heterocycles. The van der Waals surface area contributed by atoms with Gasteiger partial charge in [0.15, 0.2) is 0 Å². The SMILES string of the molecule is COC(=O)/C1=C/N(Cc2ccccc2)CCc2c(n(S(=O)(=O)c3ccc(C)cc3)c3ccccc23)[C@H]1c1ccccc1. The minimum absolute atomic E-state index is 0.194. The zero-order valence-electron chi connectivity index (χ0n) is 23.6. The van der Waals surface area contributed by atoms with Gasteiger partial charge in [0.1, 0.15) is 0 Å². The summed E-state index contributed by atoms with van der Waals surface area (Å²) in [6.07, 6.45) is 2.45. The lowest BCUT2D eigenvalue weighted by Gasteiger charge is -2.30. The second-order valence-electron chi connectivity index (χ2n) is 10.6. The molecule has 0 amide bonds. The number of hydrogen-bond donors (Lipinski definition) is 0. The van der Waals surface area contributed by atoms with E-state index < -0.39 is 21.9 Å². The van der Waals surface area contributed by atoms with Gasteiger partial charge in [-0.15, -0.1) is 0 Å². The van der Waals surface area contributed by atoms with E-state index in [2.05, 4.69) is 17.0 Å². The molecule has 5 aromatic rings. The fourth-order valence-electron chi connectivity index (χ4n) is 5.88. The van der Waals surface area contributed by atoms with Gasteiger partial charge in [0.2, 0.25) is 0 Å². The van der Waals surface area contributed by atoms with Crippen LogP contribution in [0.25, 0.3) is 10.9 Å². The number of carbonyl (C=O) groups excluding carboxylic acids is 1. The summed E-state index contributed by atoms with van der Waals surface area (Å²) in [4.78, 5) is 16.0. The molecule has 0 spiro atoms. The van der Waals surface area contributed by atoms with Gasteiger partial charge in [0, 0.05) is 24.7 Å². The number of ether oxygens (including phenoxy) is 1. The maximum absolute atomic E-state index is 14.5. The molecule has 6 nitrogen and oxygen atoms in total. The summed E-state index contributed by atoms with van der Waals surface area (Å²) in [6.45, 7) is 3.11. The van der Waals surface area contributed by atoms with E-state index in [4.69, 9.17) is 4.74 Å². The number of para-hydroxylation sites is 1. The molecule has 0 N–H and O–H groups in total. The topological polar surface area (TPSA) is 68.6 Å². The minimum Gasteiger partial charge on any atom is -0.466 e. The number of aromatic nitrogens is 1. The Labute approximate surface area is 246 Å². The van der Waals surface area contributed by atoms with Crippen LogP contribution >= 0.6 is 0 Å². The molecule has 6 rings (SSSR count). The molecule has 1 aliphatic heterocycles. The van der Waals surface area contributed by atoms with Gasteiger partial charge in [0.05, 0.1) is 34.7 Å². The molecule has 0 bridgehead atoms. The van der Waals surface area contributed by atoms with Crippen molar-refractivity contribution >= 4 is 26.9 Å². The second kappa shape index (κ2) is 11.3. The number of methoxy groups -OCH3 is 1. The highest BCUT2D eigenvalue weighted by atomic mass is 32.2. The summed E-state index contributed by atoms with van der Waals surface area (Å²) in [5.41, 5.74) is 5.33. The predicted octanol–water partition coefficient (Wildman–Crippen LogP) is 6.43. The fraction of sp³-hybridized carbons (Fsp3) is 0.171. The number of esters is 1. The van der Waals surface area contributed by atoms with Crippen molar-refractivity contribution in [3.05, 3.63) is 149 Å². The molecule has 42 heavy (non-hydrogen) atoms. The molecule has 212 valence electrons. The van der Waals surface area contributed by atoms with E-state index in [1.54, 1.807) is 24.3 Å². The lowest BCUT2D eigenvalue weighted by molar-refractivity contribution is -0.136. The molecule has 0 unspecified atom stereocenters. The van der Waals surface area contributed by atoms with E-state index in [0.717, 1.165) is 27.6 Å². The number of hydrogen-bond acceptors (Lipinski definition) is 5. The highest BCUT2D eigenvalue weighted by Crippen LogP contribution is 2.43. The Bertz CT molecular complexity index is 1880. The lowest BCUT2D eigenvalue weighted by Crippen LogP contribution is -2.29. The van der Waals surface area contributed by atoms with E-state index in [1.807, 2.05) is 85.9 Å². The smallest absolute Gasteiger partial charge is 0.336 e. The first kappa shape index (κ1) is 27.5. The molecule has 7 heteroatoms. The van der Waals surface area contributed by atoms with Crippen molar-refractivity contribution in [2.24, 2.45) is 0 Å².